The van der Waals surface area contributed by atoms with E-state index in [1.54, 1.807) is 6.07 Å². The van der Waals surface area contributed by atoms with Crippen LogP contribution in [0.2, 0.25) is 0 Å². The normalized spacial score (nSPS) is 10.7. The van der Waals surface area contributed by atoms with Crippen LogP contribution in [0.15, 0.2) is 53.3 Å². The number of nitrogens with two attached hydrogens (primary N) is 1. The van der Waals surface area contributed by atoms with Gasteiger partial charge in [0.1, 0.15) is 0 Å². The second kappa shape index (κ2) is 4.57. The van der Waals surface area contributed by atoms with E-state index in [1.165, 1.54) is 0 Å². The van der Waals surface area contributed by atoms with Gasteiger partial charge in [-0.1, -0.05) is 30.3 Å². The lowest BCUT2D eigenvalue weighted by Crippen LogP contribution is -2.11. The molecule has 0 unspecified atom stereocenters. The lowest BCUT2D eigenvalue weighted by Gasteiger charge is -2.05. The van der Waals surface area contributed by atoms with Crippen molar-refractivity contribution in [1.82, 2.24) is 10.2 Å². The molecule has 0 bridgehead atoms. The first kappa shape index (κ1) is 11.5. The number of hydrogen-bond donors (Lipinski definition) is 2. The van der Waals surface area contributed by atoms with E-state index in [4.69, 9.17) is 5.73 Å². The lowest BCUT2D eigenvalue weighted by atomic mass is 10.0. The van der Waals surface area contributed by atoms with Crippen LogP contribution in [0.25, 0.3) is 10.8 Å². The summed E-state index contributed by atoms with van der Waals surface area (Å²) in [7, 11) is 0. The predicted octanol–water partition coefficient (Wildman–Crippen LogP) is 2.10. The summed E-state index contributed by atoms with van der Waals surface area (Å²) in [4.78, 5) is 11.7. The molecule has 2 aromatic carbocycles. The van der Waals surface area contributed by atoms with Gasteiger partial charge in [-0.15, -0.1) is 0 Å². The third-order valence-electron chi connectivity index (χ3n) is 3.10. The number of nitrogens with one attached hydrogen (secondary N) is 1. The molecule has 3 N–H and O–H groups in total. The van der Waals surface area contributed by atoms with Crippen LogP contribution in [0.5, 0.6) is 0 Å². The number of hydrogen-bond acceptors (Lipinski definition) is 3. The van der Waals surface area contributed by atoms with E-state index in [-0.39, 0.29) is 5.56 Å². The number of aromatic amines is 1. The highest BCUT2D eigenvalue weighted by Gasteiger charge is 2.06. The molecular weight excluding hydrogens is 238 g/mol. The summed E-state index contributed by atoms with van der Waals surface area (Å²) in [5, 5.41) is 8.24. The Morgan fingerprint density at radius 3 is 2.63 bits per heavy atom. The fourth-order valence-electron chi connectivity index (χ4n) is 2.20. The Balaban J connectivity index is 2.11. The van der Waals surface area contributed by atoms with Crippen LogP contribution in [0.4, 0.5) is 5.69 Å². The molecule has 0 saturated carbocycles. The first-order valence-electron chi connectivity index (χ1n) is 6.05. The molecule has 19 heavy (non-hydrogen) atoms. The van der Waals surface area contributed by atoms with Crippen LogP contribution in [-0.2, 0) is 6.42 Å². The standard InChI is InChI=1S/C15H13N3O/c16-11-5-3-4-10(8-11)9-14-12-6-1-2-7-13(12)15(19)18-17-14/h1-8H,9,16H2,(H,18,19). The van der Waals surface area contributed by atoms with Crippen molar-refractivity contribution in [2.75, 3.05) is 5.73 Å². The first-order valence-corrected chi connectivity index (χ1v) is 6.05. The molecule has 4 heteroatoms. The molecule has 0 aliphatic heterocycles. The van der Waals surface area contributed by atoms with E-state index in [0.717, 1.165) is 22.3 Å². The smallest absolute Gasteiger partial charge is 0.272 e. The van der Waals surface area contributed by atoms with Gasteiger partial charge < -0.3 is 5.73 Å². The summed E-state index contributed by atoms with van der Waals surface area (Å²) >= 11 is 0. The highest BCUT2D eigenvalue weighted by molar-refractivity contribution is 5.83. The quantitative estimate of drug-likeness (QED) is 0.685. The van der Waals surface area contributed by atoms with E-state index in [2.05, 4.69) is 10.2 Å². The topological polar surface area (TPSA) is 71.8 Å². The van der Waals surface area contributed by atoms with Crippen LogP contribution in [0.1, 0.15) is 11.3 Å². The number of anilines is 1. The number of H-pyrrole nitrogens is 1. The summed E-state index contributed by atoms with van der Waals surface area (Å²) < 4.78 is 0. The van der Waals surface area contributed by atoms with Crippen molar-refractivity contribution in [2.45, 2.75) is 6.42 Å². The van der Waals surface area contributed by atoms with Gasteiger partial charge in [0, 0.05) is 17.5 Å². The molecule has 0 radical (unpaired) electrons. The van der Waals surface area contributed by atoms with Gasteiger partial charge in [-0.25, -0.2) is 5.10 Å². The summed E-state index contributed by atoms with van der Waals surface area (Å²) in [6.45, 7) is 0. The Kier molecular flexibility index (Phi) is 2.76. The molecule has 0 spiro atoms. The fourth-order valence-corrected chi connectivity index (χ4v) is 2.20. The van der Waals surface area contributed by atoms with Gasteiger partial charge in [-0.3, -0.25) is 4.79 Å². The molecule has 0 amide bonds. The Labute approximate surface area is 109 Å². The second-order valence-electron chi connectivity index (χ2n) is 4.47. The minimum atomic E-state index is -0.160. The number of nitrogens with zero attached hydrogens (tertiary/aromatic N) is 1. The van der Waals surface area contributed by atoms with Crippen molar-refractivity contribution >= 4 is 16.5 Å². The Morgan fingerprint density at radius 1 is 1.05 bits per heavy atom. The van der Waals surface area contributed by atoms with Crippen LogP contribution in [-0.4, -0.2) is 10.2 Å². The predicted molar refractivity (Wildman–Crippen MR) is 76.0 cm³/mol. The number of nitrogen functional groups attached to an aromatic ring is 1. The second-order valence-corrected chi connectivity index (χ2v) is 4.47. The SMILES string of the molecule is Nc1cccc(Cc2n[nH]c(=O)c3ccccc23)c1. The van der Waals surface area contributed by atoms with E-state index >= 15 is 0 Å². The van der Waals surface area contributed by atoms with Gasteiger partial charge in [0.25, 0.3) is 5.56 Å². The molecule has 1 aromatic heterocycles. The van der Waals surface area contributed by atoms with Crippen LogP contribution >= 0.6 is 0 Å². The molecule has 0 aliphatic rings. The molecule has 4 nitrogen and oxygen atoms in total. The fraction of sp³-hybridized carbons (Fsp3) is 0.0667. The maximum absolute atomic E-state index is 11.7. The average Bonchev–Trinajstić information content (AvgIpc) is 2.42. The monoisotopic (exact) mass is 251 g/mol. The van der Waals surface area contributed by atoms with E-state index < -0.39 is 0 Å². The summed E-state index contributed by atoms with van der Waals surface area (Å²) in [5.74, 6) is 0. The van der Waals surface area contributed by atoms with Gasteiger partial charge in [0.05, 0.1) is 11.1 Å². The van der Waals surface area contributed by atoms with Gasteiger partial charge in [-0.05, 0) is 23.8 Å². The number of aromatic nitrogens is 2. The maximum Gasteiger partial charge on any atom is 0.272 e. The van der Waals surface area contributed by atoms with Crippen molar-refractivity contribution < 1.29 is 0 Å². The first-order chi connectivity index (χ1) is 9.24. The van der Waals surface area contributed by atoms with Gasteiger partial charge >= 0.3 is 0 Å². The Hall–Kier alpha value is -2.62. The Morgan fingerprint density at radius 2 is 1.84 bits per heavy atom. The molecule has 3 rings (SSSR count). The molecule has 0 fully saturated rings. The van der Waals surface area contributed by atoms with Crippen LogP contribution in [0.3, 0.4) is 0 Å². The van der Waals surface area contributed by atoms with Crippen molar-refractivity contribution in [3.05, 3.63) is 70.1 Å². The zero-order valence-corrected chi connectivity index (χ0v) is 10.3. The largest absolute Gasteiger partial charge is 0.399 e. The number of rotatable bonds is 2. The van der Waals surface area contributed by atoms with Gasteiger partial charge in [0.15, 0.2) is 0 Å². The zero-order valence-electron chi connectivity index (χ0n) is 10.3. The molecule has 0 atom stereocenters. The Bertz CT molecular complexity index is 792. The van der Waals surface area contributed by atoms with Crippen LogP contribution in [0, 0.1) is 0 Å². The highest BCUT2D eigenvalue weighted by Crippen LogP contribution is 2.17. The molecule has 0 aliphatic carbocycles. The van der Waals surface area contributed by atoms with Crippen molar-refractivity contribution in [3.63, 3.8) is 0 Å². The highest BCUT2D eigenvalue weighted by atomic mass is 16.1. The molecule has 3 aromatic rings. The van der Waals surface area contributed by atoms with Crippen molar-refractivity contribution in [2.24, 2.45) is 0 Å². The van der Waals surface area contributed by atoms with Gasteiger partial charge in [-0.2, -0.15) is 5.10 Å². The summed E-state index contributed by atoms with van der Waals surface area (Å²) in [6, 6.07) is 15.2. The summed E-state index contributed by atoms with van der Waals surface area (Å²) in [5.41, 5.74) is 8.26. The van der Waals surface area contributed by atoms with E-state index in [0.29, 0.717) is 11.8 Å². The maximum atomic E-state index is 11.7. The molecule has 94 valence electrons. The zero-order chi connectivity index (χ0) is 13.2. The van der Waals surface area contributed by atoms with Crippen molar-refractivity contribution in [3.8, 4) is 0 Å². The number of fused-ring (bicyclic) bond motifs is 1. The third-order valence-corrected chi connectivity index (χ3v) is 3.10. The van der Waals surface area contributed by atoms with Gasteiger partial charge in [0.2, 0.25) is 0 Å². The molecule has 0 saturated heterocycles. The minimum absolute atomic E-state index is 0.160. The van der Waals surface area contributed by atoms with E-state index in [1.807, 2.05) is 42.5 Å². The minimum Gasteiger partial charge on any atom is -0.399 e. The number of benzene rings is 2. The molecule has 1 heterocycles. The van der Waals surface area contributed by atoms with Crippen molar-refractivity contribution in [1.29, 1.82) is 0 Å². The average molecular weight is 251 g/mol. The third kappa shape index (κ3) is 2.20. The lowest BCUT2D eigenvalue weighted by molar-refractivity contribution is 0.934. The van der Waals surface area contributed by atoms with Crippen LogP contribution < -0.4 is 11.3 Å². The molecular formula is C15H13N3O. The van der Waals surface area contributed by atoms with E-state index in [9.17, 15) is 4.79 Å². The summed E-state index contributed by atoms with van der Waals surface area (Å²) in [6.07, 6.45) is 0.641.